The van der Waals surface area contributed by atoms with Gasteiger partial charge in [0.2, 0.25) is 0 Å². The third-order valence-corrected chi connectivity index (χ3v) is 8.65. The highest BCUT2D eigenvalue weighted by Gasteiger charge is 2.51. The third kappa shape index (κ3) is 2.56. The van der Waals surface area contributed by atoms with Gasteiger partial charge in [-0.2, -0.15) is 0 Å². The molecule has 2 heterocycles. The molecular weight excluding hydrogens is 474 g/mol. The zero-order chi connectivity index (χ0) is 25.6. The van der Waals surface area contributed by atoms with Crippen molar-refractivity contribution < 1.29 is 4.74 Å². The van der Waals surface area contributed by atoms with Crippen LogP contribution >= 0.6 is 0 Å². The average molecular weight is 498 g/mol. The van der Waals surface area contributed by atoms with E-state index in [1.54, 1.807) is 0 Å². The van der Waals surface area contributed by atoms with E-state index in [0.29, 0.717) is 0 Å². The van der Waals surface area contributed by atoms with Gasteiger partial charge in [-0.15, -0.1) is 0 Å². The molecule has 7 aromatic rings. The van der Waals surface area contributed by atoms with Crippen molar-refractivity contribution in [1.29, 1.82) is 0 Å². The SMILES string of the molecule is c1ccc(-n2c3ccccc3c3cc4c(cc32)C2(c3ccccc3Oc3ccccc32)c2ccccc2-4)cc1. The van der Waals surface area contributed by atoms with Crippen LogP contribution in [0.15, 0.2) is 140 Å². The van der Waals surface area contributed by atoms with Crippen LogP contribution in [0.25, 0.3) is 38.6 Å². The average Bonchev–Trinajstić information content (AvgIpc) is 3.47. The summed E-state index contributed by atoms with van der Waals surface area (Å²) in [6.07, 6.45) is 0. The van der Waals surface area contributed by atoms with Crippen molar-refractivity contribution in [3.05, 3.63) is 162 Å². The lowest BCUT2D eigenvalue weighted by Crippen LogP contribution is -2.32. The third-order valence-electron chi connectivity index (χ3n) is 8.65. The molecule has 1 aromatic heterocycles. The van der Waals surface area contributed by atoms with E-state index in [1.807, 2.05) is 0 Å². The van der Waals surface area contributed by atoms with E-state index in [-0.39, 0.29) is 0 Å². The standard InChI is InChI=1S/C37H23NO/c1-2-12-24(13-3-1)38-33-19-9-5-15-26(33)28-22-27-25-14-4-6-16-29(25)37(32(27)23-34(28)38)30-17-7-10-20-35(30)39-36-21-11-8-18-31(36)37/h1-23H. The molecular formula is C37H23NO. The van der Waals surface area contributed by atoms with Crippen molar-refractivity contribution in [2.45, 2.75) is 5.41 Å². The summed E-state index contributed by atoms with van der Waals surface area (Å²) in [4.78, 5) is 0. The fraction of sp³-hybridized carbons (Fsp3) is 0.0270. The van der Waals surface area contributed by atoms with Gasteiger partial charge in [-0.05, 0) is 64.7 Å². The summed E-state index contributed by atoms with van der Waals surface area (Å²) >= 11 is 0. The fourth-order valence-electron chi connectivity index (χ4n) is 7.17. The van der Waals surface area contributed by atoms with Gasteiger partial charge in [0.1, 0.15) is 11.5 Å². The van der Waals surface area contributed by atoms with Gasteiger partial charge in [0.15, 0.2) is 0 Å². The summed E-state index contributed by atoms with van der Waals surface area (Å²) in [5.41, 5.74) is 10.7. The molecule has 2 nitrogen and oxygen atoms in total. The molecule has 0 N–H and O–H groups in total. The molecule has 0 fully saturated rings. The summed E-state index contributed by atoms with van der Waals surface area (Å²) in [6, 6.07) is 50.4. The van der Waals surface area contributed by atoms with Crippen molar-refractivity contribution >= 4 is 21.8 Å². The minimum absolute atomic E-state index is 0.469. The first-order valence-electron chi connectivity index (χ1n) is 13.5. The molecule has 0 radical (unpaired) electrons. The van der Waals surface area contributed by atoms with Gasteiger partial charge < -0.3 is 9.30 Å². The summed E-state index contributed by atoms with van der Waals surface area (Å²) in [7, 11) is 0. The number of aromatic nitrogens is 1. The fourth-order valence-corrected chi connectivity index (χ4v) is 7.17. The first-order valence-corrected chi connectivity index (χ1v) is 13.5. The molecule has 1 aliphatic heterocycles. The summed E-state index contributed by atoms with van der Waals surface area (Å²) in [5.74, 6) is 1.84. The van der Waals surface area contributed by atoms with Crippen LogP contribution in [-0.4, -0.2) is 4.57 Å². The smallest absolute Gasteiger partial charge is 0.132 e. The van der Waals surface area contributed by atoms with E-state index in [9.17, 15) is 0 Å². The van der Waals surface area contributed by atoms with Crippen molar-refractivity contribution in [2.75, 3.05) is 0 Å². The Hall–Kier alpha value is -5.08. The molecule has 1 aliphatic carbocycles. The van der Waals surface area contributed by atoms with E-state index in [0.717, 1.165) is 11.5 Å². The number of para-hydroxylation sites is 4. The Bertz CT molecular complexity index is 2050. The largest absolute Gasteiger partial charge is 0.457 e. The summed E-state index contributed by atoms with van der Waals surface area (Å²) < 4.78 is 8.93. The molecule has 6 aromatic carbocycles. The molecule has 0 unspecified atom stereocenters. The maximum Gasteiger partial charge on any atom is 0.132 e. The maximum absolute atomic E-state index is 6.52. The summed E-state index contributed by atoms with van der Waals surface area (Å²) in [5, 5.41) is 2.54. The highest BCUT2D eigenvalue weighted by molar-refractivity contribution is 6.12. The summed E-state index contributed by atoms with van der Waals surface area (Å²) in [6.45, 7) is 0. The highest BCUT2D eigenvalue weighted by atomic mass is 16.5. The van der Waals surface area contributed by atoms with E-state index in [4.69, 9.17) is 4.74 Å². The molecule has 182 valence electrons. The van der Waals surface area contributed by atoms with Crippen molar-refractivity contribution in [2.24, 2.45) is 0 Å². The van der Waals surface area contributed by atoms with Crippen molar-refractivity contribution in [1.82, 2.24) is 4.57 Å². The molecule has 2 aliphatic rings. The number of rotatable bonds is 1. The van der Waals surface area contributed by atoms with Gasteiger partial charge in [0, 0.05) is 27.6 Å². The second-order valence-electron chi connectivity index (χ2n) is 10.5. The number of benzene rings is 6. The topological polar surface area (TPSA) is 14.2 Å². The Labute approximate surface area is 226 Å². The van der Waals surface area contributed by atoms with E-state index in [1.165, 1.54) is 60.9 Å². The van der Waals surface area contributed by atoms with Crippen LogP contribution in [0, 0.1) is 0 Å². The predicted octanol–water partition coefficient (Wildman–Crippen LogP) is 9.25. The normalized spacial score (nSPS) is 14.1. The Balaban J connectivity index is 1.50. The first-order chi connectivity index (χ1) is 19.4. The molecule has 0 amide bonds. The van der Waals surface area contributed by atoms with Crippen LogP contribution in [0.4, 0.5) is 0 Å². The lowest BCUT2D eigenvalue weighted by Gasteiger charge is -2.39. The minimum Gasteiger partial charge on any atom is -0.457 e. The van der Waals surface area contributed by atoms with Crippen LogP contribution in [0.5, 0.6) is 11.5 Å². The van der Waals surface area contributed by atoms with Crippen LogP contribution in [-0.2, 0) is 5.41 Å². The Kier molecular flexibility index (Phi) is 4.02. The molecule has 2 heteroatoms. The zero-order valence-electron chi connectivity index (χ0n) is 21.1. The monoisotopic (exact) mass is 497 g/mol. The lowest BCUT2D eigenvalue weighted by atomic mass is 9.66. The number of hydrogen-bond acceptors (Lipinski definition) is 1. The number of fused-ring (bicyclic) bond motifs is 12. The van der Waals surface area contributed by atoms with Gasteiger partial charge in [-0.25, -0.2) is 0 Å². The van der Waals surface area contributed by atoms with Gasteiger partial charge >= 0.3 is 0 Å². The predicted molar refractivity (Wildman–Crippen MR) is 158 cm³/mol. The quantitative estimate of drug-likeness (QED) is 0.220. The van der Waals surface area contributed by atoms with E-state index < -0.39 is 5.41 Å². The van der Waals surface area contributed by atoms with Crippen molar-refractivity contribution in [3.63, 3.8) is 0 Å². The van der Waals surface area contributed by atoms with Gasteiger partial charge in [-0.1, -0.05) is 97.1 Å². The van der Waals surface area contributed by atoms with E-state index >= 15 is 0 Å². The highest BCUT2D eigenvalue weighted by Crippen LogP contribution is 2.62. The molecule has 0 saturated carbocycles. The molecule has 39 heavy (non-hydrogen) atoms. The molecule has 0 atom stereocenters. The van der Waals surface area contributed by atoms with Gasteiger partial charge in [0.25, 0.3) is 0 Å². The van der Waals surface area contributed by atoms with Gasteiger partial charge in [0.05, 0.1) is 16.4 Å². The lowest BCUT2D eigenvalue weighted by molar-refractivity contribution is 0.436. The maximum atomic E-state index is 6.52. The van der Waals surface area contributed by atoms with Crippen LogP contribution < -0.4 is 4.74 Å². The van der Waals surface area contributed by atoms with Crippen molar-refractivity contribution in [3.8, 4) is 28.3 Å². The van der Waals surface area contributed by atoms with E-state index in [2.05, 4.69) is 144 Å². The zero-order valence-corrected chi connectivity index (χ0v) is 21.1. The van der Waals surface area contributed by atoms with Crippen LogP contribution in [0.1, 0.15) is 22.3 Å². The second-order valence-corrected chi connectivity index (χ2v) is 10.5. The van der Waals surface area contributed by atoms with Crippen LogP contribution in [0.2, 0.25) is 0 Å². The first kappa shape index (κ1) is 20.9. The number of hydrogen-bond donors (Lipinski definition) is 0. The molecule has 0 bridgehead atoms. The van der Waals surface area contributed by atoms with Gasteiger partial charge in [-0.3, -0.25) is 0 Å². The molecule has 1 spiro atoms. The minimum atomic E-state index is -0.469. The number of nitrogens with zero attached hydrogens (tertiary/aromatic N) is 1. The Morgan fingerprint density at radius 2 is 1.05 bits per heavy atom. The molecule has 0 saturated heterocycles. The van der Waals surface area contributed by atoms with Crippen LogP contribution in [0.3, 0.4) is 0 Å². The second kappa shape index (κ2) is 7.49. The molecule has 9 rings (SSSR count). The Morgan fingerprint density at radius 3 is 1.82 bits per heavy atom. The number of ether oxygens (including phenoxy) is 1. The Morgan fingerprint density at radius 1 is 0.436 bits per heavy atom.